The fourth-order valence-electron chi connectivity index (χ4n) is 3.68. The summed E-state index contributed by atoms with van der Waals surface area (Å²) in [6, 6.07) is 3.98. The van der Waals surface area contributed by atoms with Crippen molar-refractivity contribution in [3.05, 3.63) is 49.1 Å². The molecule has 0 saturated heterocycles. The fourth-order valence-corrected chi connectivity index (χ4v) is 6.18. The summed E-state index contributed by atoms with van der Waals surface area (Å²) in [6.45, 7) is 1.97. The molecule has 0 aliphatic heterocycles. The topological polar surface area (TPSA) is 124 Å². The van der Waals surface area contributed by atoms with Crippen molar-refractivity contribution in [2.45, 2.75) is 37.6 Å². The summed E-state index contributed by atoms with van der Waals surface area (Å²) >= 11 is 3.11. The van der Waals surface area contributed by atoms with Crippen molar-refractivity contribution < 1.29 is 4.79 Å². The van der Waals surface area contributed by atoms with Crippen molar-refractivity contribution in [2.75, 3.05) is 0 Å². The van der Waals surface area contributed by atoms with Crippen LogP contribution < -0.4 is 11.5 Å². The molecule has 1 amide bonds. The van der Waals surface area contributed by atoms with Gasteiger partial charge in [0.25, 0.3) is 5.91 Å². The lowest BCUT2D eigenvalue weighted by molar-refractivity contribution is 0.100. The Labute approximate surface area is 152 Å². The molecule has 0 saturated carbocycles. The number of carbonyl (C=O) groups excluding carboxylic acids is 1. The van der Waals surface area contributed by atoms with Gasteiger partial charge in [-0.25, -0.2) is 0 Å². The molecule has 5 N–H and O–H groups in total. The predicted octanol–water partition coefficient (Wildman–Crippen LogP) is 1.59. The van der Waals surface area contributed by atoms with Gasteiger partial charge in [-0.05, 0) is 54.8 Å². The average Bonchev–Trinajstić information content (AvgIpc) is 3.29. The minimum absolute atomic E-state index is 0.0847. The van der Waals surface area contributed by atoms with Crippen LogP contribution in [0.15, 0.2) is 17.5 Å². The van der Waals surface area contributed by atoms with Crippen molar-refractivity contribution in [3.63, 3.8) is 0 Å². The van der Waals surface area contributed by atoms with E-state index in [9.17, 15) is 4.79 Å². The molecule has 0 fully saturated rings. The van der Waals surface area contributed by atoms with Crippen LogP contribution in [0.3, 0.4) is 0 Å². The van der Waals surface area contributed by atoms with Gasteiger partial charge in [0.2, 0.25) is 0 Å². The van der Waals surface area contributed by atoms with Gasteiger partial charge < -0.3 is 11.5 Å². The fraction of sp³-hybridized carbons (Fsp3) is 0.375. The molecule has 7 nitrogen and oxygen atoms in total. The van der Waals surface area contributed by atoms with Crippen LogP contribution in [0.2, 0.25) is 0 Å². The van der Waals surface area contributed by atoms with Crippen molar-refractivity contribution in [1.82, 2.24) is 20.6 Å². The van der Waals surface area contributed by atoms with E-state index in [0.29, 0.717) is 17.1 Å². The minimum atomic E-state index is -0.602. The molecule has 9 heteroatoms. The van der Waals surface area contributed by atoms with E-state index < -0.39 is 11.3 Å². The summed E-state index contributed by atoms with van der Waals surface area (Å²) in [6.07, 6.45) is 2.38. The van der Waals surface area contributed by atoms with Crippen LogP contribution in [0.25, 0.3) is 0 Å². The number of rotatable bonds is 4. The molecule has 0 radical (unpaired) electrons. The number of nitrogens with one attached hydrogen (secondary N) is 1. The largest absolute Gasteiger partial charge is 0.365 e. The maximum Gasteiger partial charge on any atom is 0.258 e. The highest BCUT2D eigenvalue weighted by Crippen LogP contribution is 2.51. The van der Waals surface area contributed by atoms with E-state index in [1.54, 1.807) is 11.3 Å². The highest BCUT2D eigenvalue weighted by atomic mass is 32.1. The van der Waals surface area contributed by atoms with Crippen LogP contribution in [-0.2, 0) is 18.3 Å². The molecule has 130 valence electrons. The van der Waals surface area contributed by atoms with Gasteiger partial charge in [-0.2, -0.15) is 5.21 Å². The zero-order valence-corrected chi connectivity index (χ0v) is 15.3. The normalized spacial score (nSPS) is 20.6. The summed E-state index contributed by atoms with van der Waals surface area (Å²) in [4.78, 5) is 14.6. The average molecular weight is 374 g/mol. The number of hydrogen-bond donors (Lipinski definition) is 3. The number of carbonyl (C=O) groups is 1. The first-order valence-electron chi connectivity index (χ1n) is 8.01. The standard InChI is InChI=1S/C16H18N6OS2/c1-8(17)7-16(15-19-21-22-20-15)12-9(4-5-24-12)2-3-10-6-11(14(18)23)25-13(10)16/h4-6,8H,2-3,7,17H2,1H3,(H2,18,23)(H,19,20,21,22). The Kier molecular flexibility index (Phi) is 3.94. The van der Waals surface area contributed by atoms with Crippen LogP contribution in [0, 0.1) is 0 Å². The maximum atomic E-state index is 11.8. The van der Waals surface area contributed by atoms with Gasteiger partial charge in [-0.3, -0.25) is 4.79 Å². The van der Waals surface area contributed by atoms with Crippen LogP contribution in [0.5, 0.6) is 0 Å². The van der Waals surface area contributed by atoms with Gasteiger partial charge in [-0.1, -0.05) is 5.21 Å². The van der Waals surface area contributed by atoms with E-state index in [4.69, 9.17) is 11.5 Å². The van der Waals surface area contributed by atoms with Gasteiger partial charge in [0.15, 0.2) is 5.82 Å². The molecule has 25 heavy (non-hydrogen) atoms. The predicted molar refractivity (Wildman–Crippen MR) is 96.9 cm³/mol. The second-order valence-corrected chi connectivity index (χ2v) is 8.39. The van der Waals surface area contributed by atoms with E-state index in [2.05, 4.69) is 32.1 Å². The molecule has 2 unspecified atom stereocenters. The van der Waals surface area contributed by atoms with Gasteiger partial charge in [0, 0.05) is 15.8 Å². The number of amides is 1. The Morgan fingerprint density at radius 3 is 2.88 bits per heavy atom. The first-order valence-corrected chi connectivity index (χ1v) is 9.71. The lowest BCUT2D eigenvalue weighted by atomic mass is 9.76. The number of H-pyrrole nitrogens is 1. The molecule has 1 aliphatic carbocycles. The van der Waals surface area contributed by atoms with Crippen molar-refractivity contribution in [3.8, 4) is 0 Å². The zero-order chi connectivity index (χ0) is 17.6. The zero-order valence-electron chi connectivity index (χ0n) is 13.7. The summed E-state index contributed by atoms with van der Waals surface area (Å²) in [7, 11) is 0. The van der Waals surface area contributed by atoms with Crippen LogP contribution >= 0.6 is 22.7 Å². The summed E-state index contributed by atoms with van der Waals surface area (Å²) in [5.74, 6) is 0.182. The molecule has 0 aromatic carbocycles. The van der Waals surface area contributed by atoms with E-state index in [1.165, 1.54) is 21.8 Å². The Morgan fingerprint density at radius 2 is 2.20 bits per heavy atom. The number of aromatic amines is 1. The van der Waals surface area contributed by atoms with Crippen LogP contribution in [-0.4, -0.2) is 32.6 Å². The number of fused-ring (bicyclic) bond motifs is 2. The number of tetrazole rings is 1. The minimum Gasteiger partial charge on any atom is -0.365 e. The molecular formula is C16H18N6OS2. The number of aryl methyl sites for hydroxylation is 2. The Balaban J connectivity index is 2.06. The first kappa shape index (κ1) is 16.4. The van der Waals surface area contributed by atoms with E-state index in [1.807, 2.05) is 13.0 Å². The number of nitrogens with two attached hydrogens (primary N) is 2. The van der Waals surface area contributed by atoms with E-state index in [0.717, 1.165) is 23.3 Å². The van der Waals surface area contributed by atoms with Crippen LogP contribution in [0.4, 0.5) is 0 Å². The SMILES string of the molecule is CC(N)CC1(c2nn[nH]n2)c2sccc2CCc2cc(C(N)=O)sc21. The molecule has 0 spiro atoms. The smallest absolute Gasteiger partial charge is 0.258 e. The summed E-state index contributed by atoms with van der Waals surface area (Å²) in [5.41, 5.74) is 13.6. The highest BCUT2D eigenvalue weighted by molar-refractivity contribution is 7.15. The first-order chi connectivity index (χ1) is 12.0. The Bertz CT molecular complexity index is 913. The summed E-state index contributed by atoms with van der Waals surface area (Å²) in [5, 5.41) is 17.1. The Morgan fingerprint density at radius 1 is 1.40 bits per heavy atom. The second-order valence-electron chi connectivity index (χ2n) is 6.43. The molecule has 3 aromatic heterocycles. The van der Waals surface area contributed by atoms with Gasteiger partial charge >= 0.3 is 0 Å². The van der Waals surface area contributed by atoms with E-state index in [-0.39, 0.29) is 6.04 Å². The third kappa shape index (κ3) is 2.50. The van der Waals surface area contributed by atoms with Gasteiger partial charge in [0.1, 0.15) is 5.41 Å². The monoisotopic (exact) mass is 374 g/mol. The molecular weight excluding hydrogens is 356 g/mol. The number of thiophene rings is 2. The molecule has 1 aliphatic rings. The third-order valence-electron chi connectivity index (χ3n) is 4.59. The van der Waals surface area contributed by atoms with Crippen LogP contribution in [0.1, 0.15) is 49.7 Å². The molecule has 0 bridgehead atoms. The molecule has 2 atom stereocenters. The number of primary amides is 1. The maximum absolute atomic E-state index is 11.8. The van der Waals surface area contributed by atoms with E-state index >= 15 is 0 Å². The van der Waals surface area contributed by atoms with Crippen molar-refractivity contribution in [2.24, 2.45) is 11.5 Å². The number of aromatic nitrogens is 4. The quantitative estimate of drug-likeness (QED) is 0.640. The van der Waals surface area contributed by atoms with Gasteiger partial charge in [0.05, 0.1) is 4.88 Å². The Hall–Kier alpha value is -2.10. The number of nitrogens with zero attached hydrogens (tertiary/aromatic N) is 3. The number of hydrogen-bond acceptors (Lipinski definition) is 7. The third-order valence-corrected chi connectivity index (χ3v) is 7.06. The molecule has 3 aromatic rings. The lowest BCUT2D eigenvalue weighted by Crippen LogP contribution is -2.36. The molecule has 3 heterocycles. The van der Waals surface area contributed by atoms with Crippen molar-refractivity contribution >= 4 is 28.6 Å². The molecule has 4 rings (SSSR count). The van der Waals surface area contributed by atoms with Gasteiger partial charge in [-0.15, -0.1) is 32.9 Å². The lowest BCUT2D eigenvalue weighted by Gasteiger charge is -2.31. The summed E-state index contributed by atoms with van der Waals surface area (Å²) < 4.78 is 0. The second kappa shape index (κ2) is 6.01. The highest BCUT2D eigenvalue weighted by Gasteiger charge is 2.47. The van der Waals surface area contributed by atoms with Crippen molar-refractivity contribution in [1.29, 1.82) is 0 Å².